The van der Waals surface area contributed by atoms with Gasteiger partial charge in [0, 0.05) is 23.8 Å². The van der Waals surface area contributed by atoms with Crippen LogP contribution in [-0.2, 0) is 4.74 Å². The smallest absolute Gasteiger partial charge is 0.167 e. The molecule has 0 spiro atoms. The second-order valence-electron chi connectivity index (χ2n) is 9.64. The molecule has 204 valence electrons. The summed E-state index contributed by atoms with van der Waals surface area (Å²) in [5, 5.41) is 21.2. The van der Waals surface area contributed by atoms with E-state index in [-0.39, 0.29) is 19.0 Å². The van der Waals surface area contributed by atoms with E-state index in [2.05, 4.69) is 28.8 Å². The number of nitrogens with zero attached hydrogens (tertiary/aromatic N) is 3. The summed E-state index contributed by atoms with van der Waals surface area (Å²) in [6, 6.07) is 24.3. The van der Waals surface area contributed by atoms with Crippen molar-refractivity contribution in [2.75, 3.05) is 19.8 Å². The Morgan fingerprint density at radius 2 is 1.36 bits per heavy atom. The molecule has 0 aliphatic heterocycles. The summed E-state index contributed by atoms with van der Waals surface area (Å²) in [4.78, 5) is 14.0. The molecule has 2 N–H and O–H groups in total. The van der Waals surface area contributed by atoms with Crippen molar-refractivity contribution >= 4 is 0 Å². The van der Waals surface area contributed by atoms with Crippen molar-refractivity contribution in [2.24, 2.45) is 5.92 Å². The topological polar surface area (TPSA) is 97.6 Å². The van der Waals surface area contributed by atoms with Gasteiger partial charge in [-0.1, -0.05) is 93.8 Å². The minimum absolute atomic E-state index is 0.0239. The lowest BCUT2D eigenvalue weighted by atomic mass is 10.0. The minimum Gasteiger partial charge on any atom is -0.507 e. The predicted molar refractivity (Wildman–Crippen MR) is 153 cm³/mol. The van der Waals surface area contributed by atoms with Crippen LogP contribution in [0.4, 0.5) is 0 Å². The van der Waals surface area contributed by atoms with Gasteiger partial charge in [-0.3, -0.25) is 0 Å². The first-order valence-corrected chi connectivity index (χ1v) is 13.7. The summed E-state index contributed by atoms with van der Waals surface area (Å²) in [6.45, 7) is 5.27. The van der Waals surface area contributed by atoms with E-state index in [9.17, 15) is 10.2 Å². The molecule has 1 heterocycles. The van der Waals surface area contributed by atoms with Crippen molar-refractivity contribution in [3.63, 3.8) is 0 Å². The molecular formula is C32H37N3O4. The predicted octanol–water partition coefficient (Wildman–Crippen LogP) is 6.55. The average molecular weight is 528 g/mol. The van der Waals surface area contributed by atoms with Crippen LogP contribution in [0.2, 0.25) is 0 Å². The standard InChI is InChI=1S/C32H37N3O4/c1-3-5-12-23(4-2)20-38-21-26(36)22-39-27-17-18-28(29(37)19-27)32-34-30(24-13-8-6-9-14-24)33-31(35-32)25-15-10-7-11-16-25/h6-11,13-19,23,26,36-37H,3-5,12,20-22H2,1-2H3. The van der Waals surface area contributed by atoms with E-state index in [1.54, 1.807) is 12.1 Å². The molecule has 1 aromatic heterocycles. The van der Waals surface area contributed by atoms with Gasteiger partial charge in [-0.15, -0.1) is 0 Å². The third-order valence-electron chi connectivity index (χ3n) is 6.56. The third-order valence-corrected chi connectivity index (χ3v) is 6.56. The van der Waals surface area contributed by atoms with E-state index in [0.29, 0.717) is 41.3 Å². The Hall–Kier alpha value is -3.81. The number of hydrogen-bond donors (Lipinski definition) is 2. The molecule has 39 heavy (non-hydrogen) atoms. The monoisotopic (exact) mass is 527 g/mol. The van der Waals surface area contributed by atoms with Crippen molar-refractivity contribution in [2.45, 2.75) is 45.6 Å². The maximum atomic E-state index is 10.9. The second-order valence-corrected chi connectivity index (χ2v) is 9.64. The Kier molecular flexibility index (Phi) is 10.4. The molecule has 0 aliphatic carbocycles. The van der Waals surface area contributed by atoms with Crippen molar-refractivity contribution < 1.29 is 19.7 Å². The van der Waals surface area contributed by atoms with Gasteiger partial charge in [-0.2, -0.15) is 0 Å². The molecule has 0 saturated heterocycles. The largest absolute Gasteiger partial charge is 0.507 e. The first-order chi connectivity index (χ1) is 19.1. The summed E-state index contributed by atoms with van der Waals surface area (Å²) in [7, 11) is 0. The number of ether oxygens (including phenoxy) is 2. The summed E-state index contributed by atoms with van der Waals surface area (Å²) < 4.78 is 11.5. The first kappa shape index (κ1) is 28.2. The molecule has 2 atom stereocenters. The van der Waals surface area contributed by atoms with E-state index < -0.39 is 6.10 Å². The maximum Gasteiger partial charge on any atom is 0.167 e. The van der Waals surface area contributed by atoms with Gasteiger partial charge in [-0.25, -0.2) is 15.0 Å². The van der Waals surface area contributed by atoms with Crippen molar-refractivity contribution in [3.05, 3.63) is 78.9 Å². The molecule has 0 radical (unpaired) electrons. The highest BCUT2D eigenvalue weighted by atomic mass is 16.5. The lowest BCUT2D eigenvalue weighted by Gasteiger charge is -2.17. The lowest BCUT2D eigenvalue weighted by Crippen LogP contribution is -2.25. The fourth-order valence-electron chi connectivity index (χ4n) is 4.23. The van der Waals surface area contributed by atoms with Crippen LogP contribution in [-0.4, -0.2) is 51.1 Å². The quantitative estimate of drug-likeness (QED) is 0.192. The van der Waals surface area contributed by atoms with Crippen molar-refractivity contribution in [1.82, 2.24) is 15.0 Å². The molecule has 2 unspecified atom stereocenters. The molecule has 3 aromatic carbocycles. The van der Waals surface area contributed by atoms with Gasteiger partial charge in [0.1, 0.15) is 24.2 Å². The number of phenolic OH excluding ortho intramolecular Hbond substituents is 1. The van der Waals surface area contributed by atoms with Crippen LogP contribution < -0.4 is 4.74 Å². The van der Waals surface area contributed by atoms with Gasteiger partial charge < -0.3 is 19.7 Å². The summed E-state index contributed by atoms with van der Waals surface area (Å²) in [6.07, 6.45) is 3.82. The fraction of sp³-hybridized carbons (Fsp3) is 0.344. The Labute approximate surface area is 230 Å². The van der Waals surface area contributed by atoms with Gasteiger partial charge in [0.25, 0.3) is 0 Å². The van der Waals surface area contributed by atoms with Gasteiger partial charge in [0.15, 0.2) is 17.5 Å². The zero-order valence-electron chi connectivity index (χ0n) is 22.7. The number of benzene rings is 3. The molecule has 4 rings (SSSR count). The van der Waals surface area contributed by atoms with Crippen LogP contribution in [0.3, 0.4) is 0 Å². The molecule has 4 aromatic rings. The van der Waals surface area contributed by atoms with E-state index in [1.807, 2.05) is 60.7 Å². The number of unbranched alkanes of at least 4 members (excludes halogenated alkanes) is 1. The van der Waals surface area contributed by atoms with Gasteiger partial charge in [0.2, 0.25) is 0 Å². The molecule has 0 amide bonds. The Balaban J connectivity index is 1.45. The van der Waals surface area contributed by atoms with Crippen LogP contribution >= 0.6 is 0 Å². The number of aliphatic hydroxyl groups is 1. The summed E-state index contributed by atoms with van der Waals surface area (Å²) in [5.41, 5.74) is 2.16. The van der Waals surface area contributed by atoms with Gasteiger partial charge in [-0.05, 0) is 24.5 Å². The first-order valence-electron chi connectivity index (χ1n) is 13.7. The van der Waals surface area contributed by atoms with E-state index in [0.717, 1.165) is 24.0 Å². The normalized spacial score (nSPS) is 12.7. The van der Waals surface area contributed by atoms with Crippen LogP contribution in [0.25, 0.3) is 34.2 Å². The number of hydrogen-bond acceptors (Lipinski definition) is 7. The minimum atomic E-state index is -0.763. The van der Waals surface area contributed by atoms with E-state index in [4.69, 9.17) is 9.47 Å². The average Bonchev–Trinajstić information content (AvgIpc) is 2.98. The Morgan fingerprint density at radius 1 is 0.744 bits per heavy atom. The highest BCUT2D eigenvalue weighted by Crippen LogP contribution is 2.32. The van der Waals surface area contributed by atoms with Crippen LogP contribution in [0.1, 0.15) is 39.5 Å². The Morgan fingerprint density at radius 3 is 1.92 bits per heavy atom. The van der Waals surface area contributed by atoms with Gasteiger partial charge in [0.05, 0.1) is 12.2 Å². The van der Waals surface area contributed by atoms with E-state index >= 15 is 0 Å². The van der Waals surface area contributed by atoms with Crippen LogP contribution in [0.15, 0.2) is 78.9 Å². The number of aromatic nitrogens is 3. The maximum absolute atomic E-state index is 10.9. The lowest BCUT2D eigenvalue weighted by molar-refractivity contribution is -0.00111. The molecule has 0 fully saturated rings. The molecule has 7 heteroatoms. The molecule has 0 bridgehead atoms. The zero-order valence-corrected chi connectivity index (χ0v) is 22.7. The van der Waals surface area contributed by atoms with Crippen LogP contribution in [0.5, 0.6) is 11.5 Å². The summed E-state index contributed by atoms with van der Waals surface area (Å²) in [5.74, 6) is 2.32. The number of aromatic hydroxyl groups is 1. The van der Waals surface area contributed by atoms with Crippen molar-refractivity contribution in [3.8, 4) is 45.7 Å². The van der Waals surface area contributed by atoms with Gasteiger partial charge >= 0.3 is 0 Å². The number of phenols is 1. The number of aliphatic hydroxyl groups excluding tert-OH is 1. The molecule has 7 nitrogen and oxygen atoms in total. The zero-order chi connectivity index (χ0) is 27.5. The molecular weight excluding hydrogens is 490 g/mol. The molecule has 0 saturated carbocycles. The van der Waals surface area contributed by atoms with Crippen LogP contribution in [0, 0.1) is 5.92 Å². The fourth-order valence-corrected chi connectivity index (χ4v) is 4.23. The SMILES string of the molecule is CCCCC(CC)COCC(O)COc1ccc(-c2nc(-c3ccccc3)nc(-c3ccccc3)n2)c(O)c1. The highest BCUT2D eigenvalue weighted by Gasteiger charge is 2.16. The highest BCUT2D eigenvalue weighted by molar-refractivity contribution is 5.70. The number of rotatable bonds is 14. The van der Waals surface area contributed by atoms with Crippen molar-refractivity contribution in [1.29, 1.82) is 0 Å². The Bertz CT molecular complexity index is 1240. The third kappa shape index (κ3) is 8.09. The van der Waals surface area contributed by atoms with E-state index in [1.165, 1.54) is 18.9 Å². The molecule has 0 aliphatic rings. The summed E-state index contributed by atoms with van der Waals surface area (Å²) >= 11 is 0. The second kappa shape index (κ2) is 14.4.